The Labute approximate surface area is 158 Å². The molecule has 1 heterocycles. The third-order valence-electron chi connectivity index (χ3n) is 4.84. The molecule has 0 bridgehead atoms. The topological polar surface area (TPSA) is 66.6 Å². The van der Waals surface area contributed by atoms with Crippen molar-refractivity contribution in [1.82, 2.24) is 4.90 Å². The van der Waals surface area contributed by atoms with E-state index in [2.05, 4.69) is 0 Å². The number of carbonyl (C=O) groups excluding carboxylic acids is 2. The van der Waals surface area contributed by atoms with E-state index in [-0.39, 0.29) is 11.8 Å². The first-order chi connectivity index (χ1) is 12.5. The van der Waals surface area contributed by atoms with Gasteiger partial charge >= 0.3 is 0 Å². The Hall–Kier alpha value is -2.53. The second kappa shape index (κ2) is 7.79. The number of nitrogens with zero attached hydrogens (tertiary/aromatic N) is 2. The Kier molecular flexibility index (Phi) is 5.47. The predicted octanol–water partition coefficient (Wildman–Crippen LogP) is 3.12. The third kappa shape index (κ3) is 3.68. The summed E-state index contributed by atoms with van der Waals surface area (Å²) in [5.41, 5.74) is 8.25. The highest BCUT2D eigenvalue weighted by molar-refractivity contribution is 6.34. The molecule has 0 spiro atoms. The van der Waals surface area contributed by atoms with Crippen molar-refractivity contribution in [3.63, 3.8) is 0 Å². The first-order valence-electron chi connectivity index (χ1n) is 8.64. The molecule has 1 atom stereocenters. The van der Waals surface area contributed by atoms with Crippen molar-refractivity contribution in [2.75, 3.05) is 24.2 Å². The molecule has 1 aliphatic heterocycles. The van der Waals surface area contributed by atoms with E-state index in [1.165, 1.54) is 0 Å². The number of likely N-dealkylation sites (N-methyl/N-ethyl adjacent to an activating group) is 1. The van der Waals surface area contributed by atoms with Crippen LogP contribution in [0.2, 0.25) is 5.02 Å². The SMILES string of the molecule is CN(C(=O)CCc1ccccc1N)C1CCN(c2ccccc2Cl)C1=O. The van der Waals surface area contributed by atoms with E-state index in [0.29, 0.717) is 42.2 Å². The second-order valence-corrected chi connectivity index (χ2v) is 6.86. The van der Waals surface area contributed by atoms with Gasteiger partial charge in [0.15, 0.2) is 0 Å². The van der Waals surface area contributed by atoms with Crippen LogP contribution in [0.5, 0.6) is 0 Å². The molecule has 2 amide bonds. The number of hydrogen-bond donors (Lipinski definition) is 1. The smallest absolute Gasteiger partial charge is 0.249 e. The molecule has 1 fully saturated rings. The van der Waals surface area contributed by atoms with Crippen molar-refractivity contribution in [2.24, 2.45) is 0 Å². The van der Waals surface area contributed by atoms with Crippen LogP contribution in [-0.2, 0) is 16.0 Å². The summed E-state index contributed by atoms with van der Waals surface area (Å²) in [6.45, 7) is 0.552. The molecular formula is C20H22ClN3O2. The molecule has 1 saturated heterocycles. The van der Waals surface area contributed by atoms with E-state index in [9.17, 15) is 9.59 Å². The molecule has 2 aromatic rings. The molecule has 3 rings (SSSR count). The summed E-state index contributed by atoms with van der Waals surface area (Å²) >= 11 is 6.21. The van der Waals surface area contributed by atoms with Gasteiger partial charge in [-0.3, -0.25) is 9.59 Å². The molecule has 0 saturated carbocycles. The zero-order valence-corrected chi connectivity index (χ0v) is 15.4. The van der Waals surface area contributed by atoms with Gasteiger partial charge in [-0.1, -0.05) is 41.9 Å². The molecule has 2 N–H and O–H groups in total. The van der Waals surface area contributed by atoms with Crippen molar-refractivity contribution >= 4 is 34.8 Å². The molecule has 1 aliphatic rings. The van der Waals surface area contributed by atoms with Gasteiger partial charge in [-0.15, -0.1) is 0 Å². The van der Waals surface area contributed by atoms with Crippen LogP contribution < -0.4 is 10.6 Å². The van der Waals surface area contributed by atoms with Crippen molar-refractivity contribution < 1.29 is 9.59 Å². The number of aryl methyl sites for hydroxylation is 1. The average molecular weight is 372 g/mol. The normalized spacial score (nSPS) is 16.8. The molecule has 2 aromatic carbocycles. The van der Waals surface area contributed by atoms with E-state index in [1.54, 1.807) is 22.9 Å². The molecule has 0 aromatic heterocycles. The number of carbonyl (C=O) groups is 2. The fraction of sp³-hybridized carbons (Fsp3) is 0.300. The van der Waals surface area contributed by atoms with Crippen LogP contribution in [0.3, 0.4) is 0 Å². The number of hydrogen-bond acceptors (Lipinski definition) is 3. The van der Waals surface area contributed by atoms with Gasteiger partial charge in [-0.25, -0.2) is 0 Å². The van der Waals surface area contributed by atoms with E-state index in [4.69, 9.17) is 17.3 Å². The average Bonchev–Trinajstić information content (AvgIpc) is 3.02. The van der Waals surface area contributed by atoms with Crippen LogP contribution >= 0.6 is 11.6 Å². The van der Waals surface area contributed by atoms with Crippen LogP contribution in [0.15, 0.2) is 48.5 Å². The molecular weight excluding hydrogens is 350 g/mol. The Balaban J connectivity index is 1.64. The number of rotatable bonds is 5. The molecule has 0 aliphatic carbocycles. The van der Waals surface area contributed by atoms with Gasteiger partial charge in [0, 0.05) is 25.7 Å². The summed E-state index contributed by atoms with van der Waals surface area (Å²) in [4.78, 5) is 28.6. The van der Waals surface area contributed by atoms with Crippen LogP contribution in [0.4, 0.5) is 11.4 Å². The Morgan fingerprint density at radius 2 is 1.92 bits per heavy atom. The van der Waals surface area contributed by atoms with Gasteiger partial charge in [0.25, 0.3) is 0 Å². The van der Waals surface area contributed by atoms with Crippen LogP contribution in [0.1, 0.15) is 18.4 Å². The van der Waals surface area contributed by atoms with E-state index < -0.39 is 6.04 Å². The standard InChI is InChI=1S/C20H22ClN3O2/c1-23(19(25)11-10-14-6-2-4-8-16(14)22)18-12-13-24(20(18)26)17-9-5-3-7-15(17)21/h2-9,18H,10-13,22H2,1H3. The Morgan fingerprint density at radius 3 is 2.65 bits per heavy atom. The van der Waals surface area contributed by atoms with E-state index in [1.807, 2.05) is 42.5 Å². The lowest BCUT2D eigenvalue weighted by Gasteiger charge is -2.24. The van der Waals surface area contributed by atoms with E-state index >= 15 is 0 Å². The van der Waals surface area contributed by atoms with Gasteiger partial charge in [0.2, 0.25) is 11.8 Å². The van der Waals surface area contributed by atoms with Crippen LogP contribution in [-0.4, -0.2) is 36.3 Å². The summed E-state index contributed by atoms with van der Waals surface area (Å²) < 4.78 is 0. The largest absolute Gasteiger partial charge is 0.399 e. The maximum atomic E-state index is 12.8. The van der Waals surface area contributed by atoms with Gasteiger partial charge in [-0.2, -0.15) is 0 Å². The number of nitrogen functional groups attached to an aromatic ring is 1. The number of para-hydroxylation sites is 2. The highest BCUT2D eigenvalue weighted by Crippen LogP contribution is 2.30. The maximum absolute atomic E-state index is 12.8. The number of amides is 2. The van der Waals surface area contributed by atoms with Gasteiger partial charge in [0.05, 0.1) is 10.7 Å². The van der Waals surface area contributed by atoms with E-state index in [0.717, 1.165) is 5.56 Å². The maximum Gasteiger partial charge on any atom is 0.249 e. The lowest BCUT2D eigenvalue weighted by molar-refractivity contribution is -0.136. The number of benzene rings is 2. The summed E-state index contributed by atoms with van der Waals surface area (Å²) in [6.07, 6.45) is 1.48. The summed E-state index contributed by atoms with van der Waals surface area (Å²) in [5, 5.41) is 0.537. The monoisotopic (exact) mass is 371 g/mol. The van der Waals surface area contributed by atoms with Gasteiger partial charge in [0.1, 0.15) is 6.04 Å². The van der Waals surface area contributed by atoms with Crippen molar-refractivity contribution in [2.45, 2.75) is 25.3 Å². The third-order valence-corrected chi connectivity index (χ3v) is 5.16. The quantitative estimate of drug-likeness (QED) is 0.821. The highest BCUT2D eigenvalue weighted by Gasteiger charge is 2.37. The summed E-state index contributed by atoms with van der Waals surface area (Å²) in [7, 11) is 1.69. The number of halogens is 1. The molecule has 0 radical (unpaired) electrons. The molecule has 26 heavy (non-hydrogen) atoms. The summed E-state index contributed by atoms with van der Waals surface area (Å²) in [6, 6.07) is 14.3. The second-order valence-electron chi connectivity index (χ2n) is 6.45. The van der Waals surface area contributed by atoms with Crippen molar-refractivity contribution in [3.8, 4) is 0 Å². The molecule has 1 unspecified atom stereocenters. The Morgan fingerprint density at radius 1 is 1.23 bits per heavy atom. The fourth-order valence-corrected chi connectivity index (χ4v) is 3.53. The lowest BCUT2D eigenvalue weighted by atomic mass is 10.1. The highest BCUT2D eigenvalue weighted by atomic mass is 35.5. The Bertz CT molecular complexity index is 824. The van der Waals surface area contributed by atoms with Crippen LogP contribution in [0, 0.1) is 0 Å². The summed E-state index contributed by atoms with van der Waals surface area (Å²) in [5.74, 6) is -0.152. The molecule has 6 heteroatoms. The van der Waals surface area contributed by atoms with Crippen molar-refractivity contribution in [1.29, 1.82) is 0 Å². The molecule has 5 nitrogen and oxygen atoms in total. The number of anilines is 2. The zero-order valence-electron chi connectivity index (χ0n) is 14.7. The first-order valence-corrected chi connectivity index (χ1v) is 9.02. The first kappa shape index (κ1) is 18.3. The zero-order chi connectivity index (χ0) is 18.7. The number of nitrogens with two attached hydrogens (primary N) is 1. The fourth-order valence-electron chi connectivity index (χ4n) is 3.29. The van der Waals surface area contributed by atoms with Crippen molar-refractivity contribution in [3.05, 3.63) is 59.1 Å². The predicted molar refractivity (Wildman–Crippen MR) is 104 cm³/mol. The minimum Gasteiger partial charge on any atom is -0.399 e. The minimum atomic E-state index is -0.452. The molecule has 136 valence electrons. The van der Waals surface area contributed by atoms with Gasteiger partial charge in [-0.05, 0) is 36.6 Å². The van der Waals surface area contributed by atoms with Gasteiger partial charge < -0.3 is 15.5 Å². The lowest BCUT2D eigenvalue weighted by Crippen LogP contribution is -2.43. The van der Waals surface area contributed by atoms with Crippen LogP contribution in [0.25, 0.3) is 0 Å². The minimum absolute atomic E-state index is 0.0624.